The van der Waals surface area contributed by atoms with Gasteiger partial charge in [0.15, 0.2) is 0 Å². The number of piperazine rings is 1. The third kappa shape index (κ3) is 4.71. The van der Waals surface area contributed by atoms with E-state index in [0.717, 1.165) is 69.1 Å². The molecule has 0 atom stereocenters. The summed E-state index contributed by atoms with van der Waals surface area (Å²) in [5.74, 6) is 2.53. The third-order valence-corrected chi connectivity index (χ3v) is 7.38. The van der Waals surface area contributed by atoms with E-state index in [1.165, 1.54) is 16.6 Å². The van der Waals surface area contributed by atoms with Crippen molar-refractivity contribution in [1.82, 2.24) is 14.8 Å². The van der Waals surface area contributed by atoms with Crippen molar-refractivity contribution in [3.05, 3.63) is 54.2 Å². The number of nitrogens with one attached hydrogen (secondary N) is 1. The number of carbonyl (C=O) groups excluding carboxylic acids is 1. The fraction of sp³-hybridized carbons (Fsp3) is 0.444. The molecule has 7 nitrogen and oxygen atoms in total. The minimum atomic E-state index is 0.254. The molecule has 7 heteroatoms. The van der Waals surface area contributed by atoms with Crippen LogP contribution in [0.1, 0.15) is 24.3 Å². The molecule has 3 aromatic rings. The quantitative estimate of drug-likeness (QED) is 0.605. The van der Waals surface area contributed by atoms with Crippen LogP contribution in [0.2, 0.25) is 0 Å². The zero-order chi connectivity index (χ0) is 23.5. The van der Waals surface area contributed by atoms with Crippen molar-refractivity contribution in [3.63, 3.8) is 0 Å². The normalized spacial score (nSPS) is 17.8. The Bertz CT molecular complexity index is 1110. The number of hydrogen-bond donors (Lipinski definition) is 1. The zero-order valence-electron chi connectivity index (χ0n) is 20.1. The minimum absolute atomic E-state index is 0.254. The van der Waals surface area contributed by atoms with Gasteiger partial charge in [-0.3, -0.25) is 9.69 Å². The second kappa shape index (κ2) is 9.97. The van der Waals surface area contributed by atoms with Gasteiger partial charge in [-0.2, -0.15) is 0 Å². The van der Waals surface area contributed by atoms with Gasteiger partial charge in [0.2, 0.25) is 5.91 Å². The van der Waals surface area contributed by atoms with Gasteiger partial charge in [0.1, 0.15) is 11.5 Å². The molecule has 180 valence electrons. The van der Waals surface area contributed by atoms with Crippen molar-refractivity contribution < 1.29 is 14.3 Å². The Kier molecular flexibility index (Phi) is 6.63. The number of fused-ring (bicyclic) bond motifs is 1. The Hall–Kier alpha value is -3.19. The second-order valence-electron chi connectivity index (χ2n) is 9.27. The van der Waals surface area contributed by atoms with Crippen LogP contribution in [0.15, 0.2) is 48.7 Å². The van der Waals surface area contributed by atoms with Gasteiger partial charge >= 0.3 is 0 Å². The molecule has 1 N–H and O–H groups in total. The van der Waals surface area contributed by atoms with E-state index in [-0.39, 0.29) is 5.91 Å². The van der Waals surface area contributed by atoms with Gasteiger partial charge in [-0.25, -0.2) is 0 Å². The van der Waals surface area contributed by atoms with E-state index in [9.17, 15) is 4.79 Å². The molecule has 1 aromatic heterocycles. The Morgan fingerprint density at radius 3 is 2.26 bits per heavy atom. The largest absolute Gasteiger partial charge is 0.497 e. The van der Waals surface area contributed by atoms with Crippen molar-refractivity contribution in [2.45, 2.75) is 18.8 Å². The number of hydrogen-bond acceptors (Lipinski definition) is 5. The Labute approximate surface area is 201 Å². The molecule has 3 heterocycles. The van der Waals surface area contributed by atoms with Gasteiger partial charge in [-0.1, -0.05) is 0 Å². The second-order valence-corrected chi connectivity index (χ2v) is 9.27. The molecule has 2 saturated heterocycles. The summed E-state index contributed by atoms with van der Waals surface area (Å²) < 4.78 is 10.7. The summed E-state index contributed by atoms with van der Waals surface area (Å²) in [6.45, 7) is 5.72. The number of anilines is 1. The number of rotatable bonds is 6. The molecular weight excluding hydrogens is 428 g/mol. The van der Waals surface area contributed by atoms with Crippen molar-refractivity contribution in [2.75, 3.05) is 64.9 Å². The summed E-state index contributed by atoms with van der Waals surface area (Å²) in [6, 6.07) is 14.4. The first-order valence-electron chi connectivity index (χ1n) is 12.2. The Morgan fingerprint density at radius 2 is 1.59 bits per heavy atom. The predicted molar refractivity (Wildman–Crippen MR) is 135 cm³/mol. The van der Waals surface area contributed by atoms with Gasteiger partial charge < -0.3 is 24.3 Å². The van der Waals surface area contributed by atoms with Crippen LogP contribution in [0.25, 0.3) is 10.9 Å². The monoisotopic (exact) mass is 462 g/mol. The number of likely N-dealkylation sites (tertiary alicyclic amines) is 1. The van der Waals surface area contributed by atoms with Gasteiger partial charge in [0, 0.05) is 49.0 Å². The van der Waals surface area contributed by atoms with Gasteiger partial charge in [0.05, 0.1) is 20.8 Å². The van der Waals surface area contributed by atoms with Crippen molar-refractivity contribution in [3.8, 4) is 11.5 Å². The van der Waals surface area contributed by atoms with Crippen molar-refractivity contribution >= 4 is 22.5 Å². The molecule has 2 aromatic carbocycles. The van der Waals surface area contributed by atoms with Crippen LogP contribution in [0.3, 0.4) is 0 Å². The summed E-state index contributed by atoms with van der Waals surface area (Å²) >= 11 is 0. The smallest absolute Gasteiger partial charge is 0.236 e. The molecule has 0 aliphatic carbocycles. The highest BCUT2D eigenvalue weighted by atomic mass is 16.5. The van der Waals surface area contributed by atoms with Crippen LogP contribution < -0.4 is 14.4 Å². The lowest BCUT2D eigenvalue weighted by molar-refractivity contribution is -0.133. The van der Waals surface area contributed by atoms with E-state index in [0.29, 0.717) is 12.5 Å². The van der Waals surface area contributed by atoms with E-state index in [2.05, 4.69) is 45.2 Å². The van der Waals surface area contributed by atoms with Crippen LogP contribution in [-0.4, -0.2) is 80.7 Å². The molecule has 1 amide bonds. The van der Waals surface area contributed by atoms with Crippen molar-refractivity contribution in [2.24, 2.45) is 0 Å². The molecule has 34 heavy (non-hydrogen) atoms. The summed E-state index contributed by atoms with van der Waals surface area (Å²) in [6.07, 6.45) is 4.29. The fourth-order valence-electron chi connectivity index (χ4n) is 5.29. The van der Waals surface area contributed by atoms with Crippen LogP contribution in [0, 0.1) is 0 Å². The summed E-state index contributed by atoms with van der Waals surface area (Å²) in [7, 11) is 3.39. The number of benzene rings is 2. The number of methoxy groups -OCH3 is 2. The zero-order valence-corrected chi connectivity index (χ0v) is 20.1. The third-order valence-electron chi connectivity index (χ3n) is 7.38. The summed E-state index contributed by atoms with van der Waals surface area (Å²) in [4.78, 5) is 23.1. The van der Waals surface area contributed by atoms with Crippen LogP contribution in [0.4, 0.5) is 5.69 Å². The number of piperidine rings is 1. The lowest BCUT2D eigenvalue weighted by Crippen LogP contribution is -2.51. The highest BCUT2D eigenvalue weighted by Crippen LogP contribution is 2.34. The first-order chi connectivity index (χ1) is 16.6. The maximum atomic E-state index is 13.0. The van der Waals surface area contributed by atoms with E-state index >= 15 is 0 Å². The highest BCUT2D eigenvalue weighted by Gasteiger charge is 2.27. The maximum Gasteiger partial charge on any atom is 0.236 e. The molecular formula is C27H34N4O3. The SMILES string of the molecule is COc1ccc(N2CCN(C(=O)CN3CCC(c4c[nH]c5ccc(OC)cc45)CC3)CC2)cc1. The van der Waals surface area contributed by atoms with Gasteiger partial charge in [-0.05, 0) is 79.9 Å². The predicted octanol–water partition coefficient (Wildman–Crippen LogP) is 3.71. The molecule has 0 spiro atoms. The minimum Gasteiger partial charge on any atom is -0.497 e. The Balaban J connectivity index is 1.11. The molecule has 5 rings (SSSR count). The molecule has 2 fully saturated rings. The average molecular weight is 463 g/mol. The lowest BCUT2D eigenvalue weighted by Gasteiger charge is -2.38. The number of nitrogens with zero attached hydrogens (tertiary/aromatic N) is 3. The fourth-order valence-corrected chi connectivity index (χ4v) is 5.29. The molecule has 2 aliphatic rings. The number of aromatic amines is 1. The molecule has 2 aliphatic heterocycles. The van der Waals surface area contributed by atoms with Gasteiger partial charge in [0.25, 0.3) is 0 Å². The lowest BCUT2D eigenvalue weighted by atomic mass is 9.89. The number of H-pyrrole nitrogens is 1. The van der Waals surface area contributed by atoms with E-state index in [4.69, 9.17) is 9.47 Å². The average Bonchev–Trinajstić information content (AvgIpc) is 3.32. The van der Waals surface area contributed by atoms with Crippen molar-refractivity contribution in [1.29, 1.82) is 0 Å². The van der Waals surface area contributed by atoms with E-state index in [1.807, 2.05) is 23.1 Å². The first kappa shape index (κ1) is 22.6. The maximum absolute atomic E-state index is 13.0. The topological polar surface area (TPSA) is 61.0 Å². The van der Waals surface area contributed by atoms with Crippen LogP contribution in [-0.2, 0) is 4.79 Å². The Morgan fingerprint density at radius 1 is 0.912 bits per heavy atom. The van der Waals surface area contributed by atoms with Crippen LogP contribution >= 0.6 is 0 Å². The first-order valence-corrected chi connectivity index (χ1v) is 12.2. The van der Waals surface area contributed by atoms with E-state index in [1.54, 1.807) is 14.2 Å². The standard InChI is InChI=1S/C27H34N4O3/c1-33-22-5-3-21(4-6-22)30-13-15-31(16-14-30)27(32)19-29-11-9-20(10-12-29)25-18-28-26-8-7-23(34-2)17-24(25)26/h3-8,17-18,20,28H,9-16,19H2,1-2H3. The van der Waals surface area contributed by atoms with E-state index < -0.39 is 0 Å². The highest BCUT2D eigenvalue weighted by molar-refractivity contribution is 5.85. The molecule has 0 unspecified atom stereocenters. The molecule has 0 saturated carbocycles. The number of ether oxygens (including phenoxy) is 2. The molecule has 0 bridgehead atoms. The summed E-state index contributed by atoms with van der Waals surface area (Å²) in [5.41, 5.74) is 3.71. The molecule has 0 radical (unpaired) electrons. The number of aromatic nitrogens is 1. The van der Waals surface area contributed by atoms with Gasteiger partial charge in [-0.15, -0.1) is 0 Å². The van der Waals surface area contributed by atoms with Crippen LogP contribution in [0.5, 0.6) is 11.5 Å². The number of carbonyl (C=O) groups is 1. The summed E-state index contributed by atoms with van der Waals surface area (Å²) in [5, 5.41) is 1.25. The number of amides is 1.